The molecule has 228 valence electrons. The Kier molecular flexibility index (Phi) is 7.17. The van der Waals surface area contributed by atoms with Crippen LogP contribution in [-0.2, 0) is 17.9 Å². The molecule has 5 aromatic rings. The molecule has 1 atom stereocenters. The van der Waals surface area contributed by atoms with E-state index in [9.17, 15) is 19.1 Å². The monoisotopic (exact) mass is 627 g/mol. The highest BCUT2D eigenvalue weighted by Crippen LogP contribution is 2.47. The second-order valence-corrected chi connectivity index (χ2v) is 11.7. The van der Waals surface area contributed by atoms with Crippen LogP contribution in [0, 0.1) is 11.6 Å². The first kappa shape index (κ1) is 28.8. The van der Waals surface area contributed by atoms with Crippen LogP contribution in [0.5, 0.6) is 5.75 Å². The lowest BCUT2D eigenvalue weighted by Gasteiger charge is -2.33. The zero-order valence-electron chi connectivity index (χ0n) is 24.1. The van der Waals surface area contributed by atoms with Crippen LogP contribution < -0.4 is 10.1 Å². The number of ether oxygens (including phenoxy) is 1. The topological polar surface area (TPSA) is 110 Å². The predicted octanol–water partition coefficient (Wildman–Crippen LogP) is 5.48. The number of halogens is 2. The van der Waals surface area contributed by atoms with Crippen molar-refractivity contribution in [3.05, 3.63) is 89.0 Å². The van der Waals surface area contributed by atoms with Crippen LogP contribution in [0.2, 0.25) is 0 Å². The number of aromatic nitrogens is 3. The van der Waals surface area contributed by atoms with E-state index < -0.39 is 11.6 Å². The van der Waals surface area contributed by atoms with Crippen LogP contribution in [0.1, 0.15) is 34.6 Å². The number of carbonyl (C=O) groups excluding carboxylic acids is 2. The molecule has 0 bridgehead atoms. The van der Waals surface area contributed by atoms with Gasteiger partial charge in [0.05, 0.1) is 36.1 Å². The molecule has 0 saturated heterocycles. The van der Waals surface area contributed by atoms with Crippen molar-refractivity contribution in [2.45, 2.75) is 26.1 Å². The number of aliphatic hydroxyl groups excluding tert-OH is 1. The molecule has 0 spiro atoms. The van der Waals surface area contributed by atoms with E-state index in [-0.39, 0.29) is 42.4 Å². The highest BCUT2D eigenvalue weighted by molar-refractivity contribution is 7.18. The molecule has 2 amide bonds. The Balaban J connectivity index is 1.51. The molecule has 0 aliphatic carbocycles. The Labute approximate surface area is 260 Å². The van der Waals surface area contributed by atoms with Crippen molar-refractivity contribution < 1.29 is 28.2 Å². The molecule has 2 aliphatic heterocycles. The van der Waals surface area contributed by atoms with E-state index in [0.717, 1.165) is 23.4 Å². The fourth-order valence-corrected chi connectivity index (χ4v) is 7.07. The molecular formula is C33H27F2N5O4S. The largest absolute Gasteiger partial charge is 0.490 e. The van der Waals surface area contributed by atoms with Gasteiger partial charge in [-0.1, -0.05) is 18.7 Å². The average Bonchev–Trinajstić information content (AvgIpc) is 3.78. The summed E-state index contributed by atoms with van der Waals surface area (Å²) >= 11 is 1.36. The van der Waals surface area contributed by atoms with Crippen LogP contribution in [0.15, 0.2) is 60.5 Å². The van der Waals surface area contributed by atoms with Crippen LogP contribution in [-0.4, -0.2) is 56.3 Å². The van der Waals surface area contributed by atoms with Crippen LogP contribution in [0.4, 0.5) is 8.78 Å². The summed E-state index contributed by atoms with van der Waals surface area (Å²) in [6, 6.07) is 10.8. The van der Waals surface area contributed by atoms with Crippen molar-refractivity contribution in [2.75, 3.05) is 19.8 Å². The lowest BCUT2D eigenvalue weighted by Crippen LogP contribution is -2.40. The second-order valence-electron chi connectivity index (χ2n) is 10.8. The first-order chi connectivity index (χ1) is 21.8. The molecule has 2 N–H and O–H groups in total. The number of benzene rings is 2. The number of amides is 2. The third-order valence-corrected chi connectivity index (χ3v) is 9.18. The summed E-state index contributed by atoms with van der Waals surface area (Å²) in [4.78, 5) is 31.9. The maximum Gasteiger partial charge on any atom is 0.251 e. The minimum atomic E-state index is -0.859. The molecule has 2 aliphatic rings. The SMILES string of the molecule is C=CC(=O)N1CCn2nc(-c3nc(-c4ccc5c(c4)C(=O)NC5)c4ccsc4c3-c3c(F)cc(F)cc3OCCO)cc2C1C. The fraction of sp³-hybridized carbons (Fsp3) is 0.212. The Hall–Kier alpha value is -4.94. The quantitative estimate of drug-likeness (QED) is 0.232. The Morgan fingerprint density at radius 1 is 1.18 bits per heavy atom. The number of nitrogens with zero attached hydrogens (tertiary/aromatic N) is 4. The first-order valence-electron chi connectivity index (χ1n) is 14.4. The highest BCUT2D eigenvalue weighted by Gasteiger charge is 2.31. The molecule has 2 aromatic carbocycles. The number of rotatable bonds is 7. The lowest BCUT2D eigenvalue weighted by molar-refractivity contribution is -0.129. The van der Waals surface area contributed by atoms with E-state index in [2.05, 4.69) is 11.9 Å². The molecule has 1 unspecified atom stereocenters. The molecule has 5 heterocycles. The minimum Gasteiger partial charge on any atom is -0.490 e. The van der Waals surface area contributed by atoms with Crippen molar-refractivity contribution >= 4 is 33.2 Å². The molecule has 0 saturated carbocycles. The first-order valence-corrected chi connectivity index (χ1v) is 15.2. The maximum absolute atomic E-state index is 15.9. The van der Waals surface area contributed by atoms with E-state index in [0.29, 0.717) is 63.5 Å². The molecular weight excluding hydrogens is 600 g/mol. The molecule has 0 fully saturated rings. The summed E-state index contributed by atoms with van der Waals surface area (Å²) in [7, 11) is 0. The van der Waals surface area contributed by atoms with E-state index in [4.69, 9.17) is 14.8 Å². The normalized spacial score (nSPS) is 15.6. The Bertz CT molecular complexity index is 2040. The van der Waals surface area contributed by atoms with Gasteiger partial charge in [-0.3, -0.25) is 14.3 Å². The molecule has 9 nitrogen and oxygen atoms in total. The van der Waals surface area contributed by atoms with Gasteiger partial charge < -0.3 is 20.1 Å². The standard InChI is InChI=1S/C33H27F2N5O4S/c1-3-27(42)39-7-8-40-25(17(39)2)15-24(38-40)31-29(28-23(35)13-20(34)14-26(28)44-10-9-41)32-21(6-11-45-32)30(37-31)18-4-5-19-16-36-33(43)22(19)12-18/h3-6,11-15,17,41H,1,7-10,16H2,2H3,(H,36,43). The van der Waals surface area contributed by atoms with Gasteiger partial charge in [-0.25, -0.2) is 13.8 Å². The van der Waals surface area contributed by atoms with E-state index in [1.54, 1.807) is 15.6 Å². The van der Waals surface area contributed by atoms with Crippen molar-refractivity contribution in [1.82, 2.24) is 25.0 Å². The number of hydrogen-bond donors (Lipinski definition) is 2. The van der Waals surface area contributed by atoms with Crippen molar-refractivity contribution in [1.29, 1.82) is 0 Å². The van der Waals surface area contributed by atoms with Gasteiger partial charge in [-0.15, -0.1) is 11.3 Å². The number of thiophene rings is 1. The number of carbonyl (C=O) groups is 2. The highest BCUT2D eigenvalue weighted by atomic mass is 32.1. The molecule has 7 rings (SSSR count). The van der Waals surface area contributed by atoms with Gasteiger partial charge in [0.2, 0.25) is 5.91 Å². The smallest absolute Gasteiger partial charge is 0.251 e. The van der Waals surface area contributed by atoms with Crippen molar-refractivity contribution in [3.63, 3.8) is 0 Å². The van der Waals surface area contributed by atoms with Gasteiger partial charge in [-0.2, -0.15) is 5.10 Å². The van der Waals surface area contributed by atoms with E-state index >= 15 is 4.39 Å². The van der Waals surface area contributed by atoms with Gasteiger partial charge in [-0.05, 0) is 42.1 Å². The summed E-state index contributed by atoms with van der Waals surface area (Å²) < 4.78 is 38.5. The number of hydrogen-bond acceptors (Lipinski definition) is 7. The summed E-state index contributed by atoms with van der Waals surface area (Å²) in [6.45, 7) is 6.30. The van der Waals surface area contributed by atoms with E-state index in [1.807, 2.05) is 36.6 Å². The summed E-state index contributed by atoms with van der Waals surface area (Å²) in [5.74, 6) is -2.13. The van der Waals surface area contributed by atoms with Crippen LogP contribution in [0.3, 0.4) is 0 Å². The second kappa shape index (κ2) is 11.2. The van der Waals surface area contributed by atoms with Crippen molar-refractivity contribution in [2.24, 2.45) is 0 Å². The number of pyridine rings is 1. The van der Waals surface area contributed by atoms with Gasteiger partial charge >= 0.3 is 0 Å². The number of fused-ring (bicyclic) bond motifs is 3. The summed E-state index contributed by atoms with van der Waals surface area (Å²) in [6.07, 6.45) is 1.28. The molecule has 0 radical (unpaired) electrons. The van der Waals surface area contributed by atoms with Gasteiger partial charge in [0.15, 0.2) is 0 Å². The van der Waals surface area contributed by atoms with Crippen LogP contribution in [0.25, 0.3) is 43.9 Å². The summed E-state index contributed by atoms with van der Waals surface area (Å²) in [5, 5.41) is 19.7. The third-order valence-electron chi connectivity index (χ3n) is 8.25. The fourth-order valence-electron chi connectivity index (χ4n) is 6.12. The zero-order chi connectivity index (χ0) is 31.4. The molecule has 45 heavy (non-hydrogen) atoms. The molecule has 12 heteroatoms. The van der Waals surface area contributed by atoms with Gasteiger partial charge in [0.25, 0.3) is 5.91 Å². The summed E-state index contributed by atoms with van der Waals surface area (Å²) in [5.41, 5.74) is 4.55. The van der Waals surface area contributed by atoms with Gasteiger partial charge in [0.1, 0.15) is 35.4 Å². The van der Waals surface area contributed by atoms with Crippen LogP contribution >= 0.6 is 11.3 Å². The molecule has 3 aromatic heterocycles. The van der Waals surface area contributed by atoms with Crippen molar-refractivity contribution in [3.8, 4) is 39.5 Å². The predicted molar refractivity (Wildman–Crippen MR) is 166 cm³/mol. The number of nitrogens with one attached hydrogen (secondary N) is 1. The maximum atomic E-state index is 15.9. The average molecular weight is 628 g/mol. The Morgan fingerprint density at radius 2 is 2.02 bits per heavy atom. The number of aliphatic hydroxyl groups is 1. The lowest BCUT2D eigenvalue weighted by atomic mass is 9.95. The van der Waals surface area contributed by atoms with E-state index in [1.165, 1.54) is 17.4 Å². The minimum absolute atomic E-state index is 0.0119. The zero-order valence-corrected chi connectivity index (χ0v) is 25.0. The van der Waals surface area contributed by atoms with Gasteiger partial charge in [0, 0.05) is 52.0 Å². The Morgan fingerprint density at radius 3 is 2.82 bits per heavy atom. The third kappa shape index (κ3) is 4.77.